The highest BCUT2D eigenvalue weighted by molar-refractivity contribution is 5.86. The molecule has 0 saturated carbocycles. The third-order valence-electron chi connectivity index (χ3n) is 3.57. The van der Waals surface area contributed by atoms with Gasteiger partial charge in [0.15, 0.2) is 0 Å². The molecule has 1 aromatic carbocycles. The van der Waals surface area contributed by atoms with Crippen LogP contribution in [0.3, 0.4) is 0 Å². The number of amides is 1. The predicted molar refractivity (Wildman–Crippen MR) is 80.1 cm³/mol. The van der Waals surface area contributed by atoms with Crippen molar-refractivity contribution in [3.05, 3.63) is 49.1 Å². The van der Waals surface area contributed by atoms with E-state index in [2.05, 4.69) is 15.7 Å². The summed E-state index contributed by atoms with van der Waals surface area (Å²) in [6.07, 6.45) is 5.29. The number of hydrogen-bond acceptors (Lipinski definition) is 4. The highest BCUT2D eigenvalue weighted by atomic mass is 16.2. The van der Waals surface area contributed by atoms with E-state index in [4.69, 9.17) is 0 Å². The molecule has 0 radical (unpaired) electrons. The number of imidazole rings is 1. The average molecular weight is 285 g/mol. The third-order valence-corrected chi connectivity index (χ3v) is 3.57. The van der Waals surface area contributed by atoms with Crippen molar-refractivity contribution in [2.24, 2.45) is 0 Å². The van der Waals surface area contributed by atoms with Crippen LogP contribution in [0.15, 0.2) is 49.1 Å². The number of anilines is 1. The maximum absolute atomic E-state index is 12.6. The molecule has 1 amide bonds. The maximum Gasteiger partial charge on any atom is 0.261 e. The smallest absolute Gasteiger partial charge is 0.261 e. The van der Waals surface area contributed by atoms with Gasteiger partial charge in [0.2, 0.25) is 0 Å². The fourth-order valence-electron chi connectivity index (χ4n) is 2.55. The minimum Gasteiger partial charge on any atom is -0.335 e. The Labute approximate surface area is 123 Å². The minimum atomic E-state index is -0.460. The maximum atomic E-state index is 12.6. The molecule has 1 aliphatic heterocycles. The second kappa shape index (κ2) is 5.21. The molecule has 1 saturated heterocycles. The molecule has 1 aliphatic rings. The van der Waals surface area contributed by atoms with Gasteiger partial charge in [0.1, 0.15) is 11.7 Å². The molecular formula is C15H19N5O. The number of rotatable bonds is 4. The molecule has 2 N–H and O–H groups in total. The van der Waals surface area contributed by atoms with Crippen molar-refractivity contribution in [1.29, 1.82) is 0 Å². The highest BCUT2D eigenvalue weighted by Gasteiger charge is 2.44. The van der Waals surface area contributed by atoms with E-state index in [1.165, 1.54) is 0 Å². The van der Waals surface area contributed by atoms with Crippen LogP contribution in [0.4, 0.5) is 5.69 Å². The van der Waals surface area contributed by atoms with E-state index in [1.54, 1.807) is 17.5 Å². The monoisotopic (exact) mass is 285 g/mol. The predicted octanol–water partition coefficient (Wildman–Crippen LogP) is 1.45. The zero-order valence-electron chi connectivity index (χ0n) is 12.2. The van der Waals surface area contributed by atoms with Crippen molar-refractivity contribution < 1.29 is 4.79 Å². The van der Waals surface area contributed by atoms with Gasteiger partial charge in [-0.05, 0) is 26.0 Å². The molecule has 6 heteroatoms. The molecule has 0 unspecified atom stereocenters. The van der Waals surface area contributed by atoms with Crippen LogP contribution in [0, 0.1) is 0 Å². The average Bonchev–Trinajstić information content (AvgIpc) is 3.03. The van der Waals surface area contributed by atoms with E-state index in [-0.39, 0.29) is 11.9 Å². The summed E-state index contributed by atoms with van der Waals surface area (Å²) in [5.74, 6) is 0.0255. The quantitative estimate of drug-likeness (QED) is 0.892. The van der Waals surface area contributed by atoms with E-state index >= 15 is 0 Å². The topological polar surface area (TPSA) is 62.2 Å². The van der Waals surface area contributed by atoms with Gasteiger partial charge >= 0.3 is 0 Å². The molecule has 0 bridgehead atoms. The van der Waals surface area contributed by atoms with Gasteiger partial charge in [0.25, 0.3) is 5.91 Å². The van der Waals surface area contributed by atoms with Gasteiger partial charge < -0.3 is 4.57 Å². The number of carbonyl (C=O) groups excluding carboxylic acids is 1. The number of aromatic nitrogens is 2. The van der Waals surface area contributed by atoms with Crippen LogP contribution in [0.25, 0.3) is 0 Å². The van der Waals surface area contributed by atoms with Crippen LogP contribution in [0.1, 0.15) is 13.8 Å². The Bertz CT molecular complexity index is 608. The third kappa shape index (κ3) is 2.75. The number of hydrogen-bond donors (Lipinski definition) is 2. The Kier molecular flexibility index (Phi) is 3.39. The van der Waals surface area contributed by atoms with Gasteiger partial charge in [0, 0.05) is 18.9 Å². The SMILES string of the molecule is CC1(C)N[C@@H](Cn2ccnc2)C(=O)N1Nc1ccccc1. The van der Waals surface area contributed by atoms with Crippen LogP contribution >= 0.6 is 0 Å². The van der Waals surface area contributed by atoms with Crippen molar-refractivity contribution >= 4 is 11.6 Å². The lowest BCUT2D eigenvalue weighted by Gasteiger charge is -2.31. The molecule has 2 heterocycles. The number of benzene rings is 1. The highest BCUT2D eigenvalue weighted by Crippen LogP contribution is 2.23. The minimum absolute atomic E-state index is 0.0255. The zero-order valence-corrected chi connectivity index (χ0v) is 12.2. The zero-order chi connectivity index (χ0) is 14.9. The number of nitrogens with zero attached hydrogens (tertiary/aromatic N) is 3. The van der Waals surface area contributed by atoms with Gasteiger partial charge in [-0.2, -0.15) is 0 Å². The molecule has 2 aromatic rings. The van der Waals surface area contributed by atoms with Gasteiger partial charge in [0.05, 0.1) is 12.0 Å². The number of hydrazine groups is 1. The normalized spacial score (nSPS) is 20.8. The van der Waals surface area contributed by atoms with Crippen molar-refractivity contribution in [2.45, 2.75) is 32.1 Å². The first-order valence-electron chi connectivity index (χ1n) is 6.95. The van der Waals surface area contributed by atoms with Crippen molar-refractivity contribution in [3.8, 4) is 0 Å². The number of carbonyl (C=O) groups is 1. The van der Waals surface area contributed by atoms with Crippen LogP contribution < -0.4 is 10.7 Å². The summed E-state index contributed by atoms with van der Waals surface area (Å²) < 4.78 is 1.90. The Balaban J connectivity index is 1.76. The molecule has 1 fully saturated rings. The van der Waals surface area contributed by atoms with Gasteiger partial charge in [-0.1, -0.05) is 18.2 Å². The standard InChI is InChI=1S/C15H19N5O/c1-15(2)17-13(10-19-9-8-16-11-19)14(21)20(15)18-12-6-4-3-5-7-12/h3-9,11,13,17-18H,10H2,1-2H3/t13-/m0/s1. The molecule has 1 atom stereocenters. The number of nitrogens with one attached hydrogen (secondary N) is 2. The Morgan fingerprint density at radius 3 is 2.76 bits per heavy atom. The summed E-state index contributed by atoms with van der Waals surface area (Å²) in [6, 6.07) is 9.42. The van der Waals surface area contributed by atoms with Crippen molar-refractivity contribution in [2.75, 3.05) is 5.43 Å². The molecular weight excluding hydrogens is 266 g/mol. The summed E-state index contributed by atoms with van der Waals surface area (Å²) in [6.45, 7) is 4.53. The molecule has 110 valence electrons. The summed E-state index contributed by atoms with van der Waals surface area (Å²) in [5, 5.41) is 5.01. The Morgan fingerprint density at radius 1 is 1.33 bits per heavy atom. The first kappa shape index (κ1) is 13.6. The molecule has 6 nitrogen and oxygen atoms in total. The van der Waals surface area contributed by atoms with Crippen LogP contribution in [-0.2, 0) is 11.3 Å². The lowest BCUT2D eigenvalue weighted by molar-refractivity contribution is -0.130. The summed E-state index contributed by atoms with van der Waals surface area (Å²) >= 11 is 0. The molecule has 1 aromatic heterocycles. The van der Waals surface area contributed by atoms with Crippen LogP contribution in [-0.4, -0.2) is 32.2 Å². The van der Waals surface area contributed by atoms with E-state index < -0.39 is 5.66 Å². The van der Waals surface area contributed by atoms with Crippen molar-refractivity contribution in [3.63, 3.8) is 0 Å². The van der Waals surface area contributed by atoms with E-state index in [0.717, 1.165) is 5.69 Å². The molecule has 0 spiro atoms. The van der Waals surface area contributed by atoms with Crippen LogP contribution in [0.2, 0.25) is 0 Å². The van der Waals surface area contributed by atoms with Gasteiger partial charge in [-0.15, -0.1) is 0 Å². The van der Waals surface area contributed by atoms with Crippen LogP contribution in [0.5, 0.6) is 0 Å². The first-order valence-corrected chi connectivity index (χ1v) is 6.95. The van der Waals surface area contributed by atoms with Crippen molar-refractivity contribution in [1.82, 2.24) is 19.9 Å². The van der Waals surface area contributed by atoms with E-state index in [9.17, 15) is 4.79 Å². The Hall–Kier alpha value is -2.34. The first-order chi connectivity index (χ1) is 10.1. The second-order valence-corrected chi connectivity index (χ2v) is 5.67. The Morgan fingerprint density at radius 2 is 2.10 bits per heavy atom. The van der Waals surface area contributed by atoms with Gasteiger partial charge in [-0.25, -0.2) is 9.99 Å². The lowest BCUT2D eigenvalue weighted by atomic mass is 10.2. The molecule has 21 heavy (non-hydrogen) atoms. The number of para-hydroxylation sites is 1. The van der Waals surface area contributed by atoms with E-state index in [1.807, 2.05) is 54.9 Å². The fourth-order valence-corrected chi connectivity index (χ4v) is 2.55. The summed E-state index contributed by atoms with van der Waals surface area (Å²) in [4.78, 5) is 16.6. The molecule has 0 aliphatic carbocycles. The summed E-state index contributed by atoms with van der Waals surface area (Å²) in [7, 11) is 0. The lowest BCUT2D eigenvalue weighted by Crippen LogP contribution is -2.50. The molecule has 3 rings (SSSR count). The fraction of sp³-hybridized carbons (Fsp3) is 0.333. The van der Waals surface area contributed by atoms with E-state index in [0.29, 0.717) is 6.54 Å². The second-order valence-electron chi connectivity index (χ2n) is 5.67. The van der Waals surface area contributed by atoms with Gasteiger partial charge in [-0.3, -0.25) is 15.5 Å². The summed E-state index contributed by atoms with van der Waals surface area (Å²) in [5.41, 5.74) is 3.62. The largest absolute Gasteiger partial charge is 0.335 e.